The normalized spacial score (nSPS) is 11.3. The number of aliphatic imine (C=N–C) groups is 1. The Morgan fingerprint density at radius 1 is 0.950 bits per heavy atom. The lowest BCUT2D eigenvalue weighted by atomic mass is 10.2. The Bertz CT molecular complexity index is 596. The van der Waals surface area contributed by atoms with Gasteiger partial charge in [0.25, 0.3) is 0 Å². The zero-order valence-corrected chi connectivity index (χ0v) is 11.6. The van der Waals surface area contributed by atoms with Crippen LogP contribution in [-0.4, -0.2) is 20.3 Å². The second kappa shape index (κ2) is 6.66. The van der Waals surface area contributed by atoms with Crippen LogP contribution in [0.2, 0.25) is 0 Å². The van der Waals surface area contributed by atoms with Crippen LogP contribution in [-0.2, 0) is 0 Å². The van der Waals surface area contributed by atoms with Crippen molar-refractivity contribution >= 4 is 23.7 Å². The number of anilines is 1. The van der Waals surface area contributed by atoms with E-state index in [0.29, 0.717) is 0 Å². The van der Waals surface area contributed by atoms with Gasteiger partial charge in [-0.15, -0.1) is 0 Å². The second-order valence-corrected chi connectivity index (χ2v) is 4.60. The Hall–Kier alpha value is -2.42. The van der Waals surface area contributed by atoms with E-state index in [-0.39, 0.29) is 5.82 Å². The largest absolute Gasteiger partial charge is 0.378 e. The summed E-state index contributed by atoms with van der Waals surface area (Å²) in [5.41, 5.74) is 3.02. The van der Waals surface area contributed by atoms with E-state index in [1.54, 1.807) is 18.3 Å². The van der Waals surface area contributed by atoms with Crippen LogP contribution in [0.25, 0.3) is 6.08 Å². The minimum absolute atomic E-state index is 0.250. The van der Waals surface area contributed by atoms with Crippen LogP contribution in [0.4, 0.5) is 15.8 Å². The molecule has 0 fully saturated rings. The Labute approximate surface area is 118 Å². The molecule has 2 rings (SSSR count). The fourth-order valence-corrected chi connectivity index (χ4v) is 1.69. The third kappa shape index (κ3) is 4.05. The summed E-state index contributed by atoms with van der Waals surface area (Å²) in [5.74, 6) is -0.250. The Morgan fingerprint density at radius 2 is 1.60 bits per heavy atom. The first-order valence-corrected chi connectivity index (χ1v) is 6.39. The molecule has 0 bridgehead atoms. The Morgan fingerprint density at radius 3 is 2.20 bits per heavy atom. The number of nitrogens with zero attached hydrogens (tertiary/aromatic N) is 2. The Kier molecular flexibility index (Phi) is 4.66. The molecule has 0 saturated carbocycles. The summed E-state index contributed by atoms with van der Waals surface area (Å²) in [7, 11) is 4.03. The minimum Gasteiger partial charge on any atom is -0.378 e. The fraction of sp³-hybridized carbons (Fsp3) is 0.118. The van der Waals surface area contributed by atoms with E-state index in [1.165, 1.54) is 17.8 Å². The molecule has 2 aromatic rings. The summed E-state index contributed by atoms with van der Waals surface area (Å²) in [6.07, 6.45) is 5.55. The summed E-state index contributed by atoms with van der Waals surface area (Å²) in [6, 6.07) is 14.3. The van der Waals surface area contributed by atoms with Crippen molar-refractivity contribution in [2.75, 3.05) is 19.0 Å². The first-order chi connectivity index (χ1) is 9.65. The van der Waals surface area contributed by atoms with Crippen molar-refractivity contribution in [1.29, 1.82) is 0 Å². The number of rotatable bonds is 4. The zero-order chi connectivity index (χ0) is 14.4. The molecule has 0 aromatic heterocycles. The maximum atomic E-state index is 12.7. The van der Waals surface area contributed by atoms with Gasteiger partial charge >= 0.3 is 0 Å². The van der Waals surface area contributed by atoms with E-state index < -0.39 is 0 Å². The highest BCUT2D eigenvalue weighted by atomic mass is 19.1. The number of allylic oxidation sites excluding steroid dienone is 1. The predicted octanol–water partition coefficient (Wildman–Crippen LogP) is 4.31. The summed E-state index contributed by atoms with van der Waals surface area (Å²) in [4.78, 5) is 6.28. The van der Waals surface area contributed by atoms with Gasteiger partial charge in [0.15, 0.2) is 0 Å². The van der Waals surface area contributed by atoms with Gasteiger partial charge in [0.2, 0.25) is 0 Å². The molecule has 2 nitrogen and oxygen atoms in total. The SMILES string of the molecule is CN(C)c1ccc(/C=C/C=Nc2ccc(F)cc2)cc1. The molecule has 0 N–H and O–H groups in total. The van der Waals surface area contributed by atoms with Crippen LogP contribution in [0, 0.1) is 5.82 Å². The van der Waals surface area contributed by atoms with Crippen LogP contribution in [0.3, 0.4) is 0 Å². The van der Waals surface area contributed by atoms with Crippen LogP contribution in [0.1, 0.15) is 5.56 Å². The summed E-state index contributed by atoms with van der Waals surface area (Å²) in [5, 5.41) is 0. The summed E-state index contributed by atoms with van der Waals surface area (Å²) in [6.45, 7) is 0. The topological polar surface area (TPSA) is 15.6 Å². The average molecular weight is 268 g/mol. The fourth-order valence-electron chi connectivity index (χ4n) is 1.69. The number of benzene rings is 2. The molecular weight excluding hydrogens is 251 g/mol. The zero-order valence-electron chi connectivity index (χ0n) is 11.6. The molecule has 102 valence electrons. The number of hydrogen-bond donors (Lipinski definition) is 0. The summed E-state index contributed by atoms with van der Waals surface area (Å²) < 4.78 is 12.7. The molecule has 0 unspecified atom stereocenters. The van der Waals surface area contributed by atoms with Crippen molar-refractivity contribution < 1.29 is 4.39 Å². The third-order valence-corrected chi connectivity index (χ3v) is 2.83. The highest BCUT2D eigenvalue weighted by Gasteiger charge is 1.93. The molecule has 0 heterocycles. The van der Waals surface area contributed by atoms with Crippen molar-refractivity contribution in [3.05, 3.63) is 66.0 Å². The average Bonchev–Trinajstić information content (AvgIpc) is 2.46. The van der Waals surface area contributed by atoms with Gasteiger partial charge in [-0.25, -0.2) is 4.39 Å². The Balaban J connectivity index is 1.97. The van der Waals surface area contributed by atoms with Gasteiger partial charge in [0.05, 0.1) is 5.69 Å². The maximum absolute atomic E-state index is 12.7. The second-order valence-electron chi connectivity index (χ2n) is 4.60. The van der Waals surface area contributed by atoms with Gasteiger partial charge in [-0.2, -0.15) is 0 Å². The molecule has 0 aliphatic carbocycles. The van der Waals surface area contributed by atoms with Crippen molar-refractivity contribution in [3.63, 3.8) is 0 Å². The lowest BCUT2D eigenvalue weighted by Gasteiger charge is -2.11. The molecule has 0 spiro atoms. The van der Waals surface area contributed by atoms with Crippen LogP contribution in [0.15, 0.2) is 59.6 Å². The van der Waals surface area contributed by atoms with Crippen molar-refractivity contribution in [2.45, 2.75) is 0 Å². The minimum atomic E-state index is -0.250. The number of halogens is 1. The van der Waals surface area contributed by atoms with Gasteiger partial charge in [0.1, 0.15) is 5.82 Å². The van der Waals surface area contributed by atoms with E-state index in [0.717, 1.165) is 11.3 Å². The molecule has 0 aliphatic heterocycles. The third-order valence-electron chi connectivity index (χ3n) is 2.83. The smallest absolute Gasteiger partial charge is 0.123 e. The van der Waals surface area contributed by atoms with Gasteiger partial charge in [-0.05, 0) is 48.0 Å². The molecule has 0 atom stereocenters. The van der Waals surface area contributed by atoms with Gasteiger partial charge < -0.3 is 4.90 Å². The molecular formula is C17H17FN2. The highest BCUT2D eigenvalue weighted by Crippen LogP contribution is 2.13. The quantitative estimate of drug-likeness (QED) is 0.754. The molecule has 3 heteroatoms. The van der Waals surface area contributed by atoms with E-state index in [2.05, 4.69) is 34.2 Å². The maximum Gasteiger partial charge on any atom is 0.123 e. The summed E-state index contributed by atoms with van der Waals surface area (Å²) >= 11 is 0. The molecule has 20 heavy (non-hydrogen) atoms. The highest BCUT2D eigenvalue weighted by molar-refractivity contribution is 5.80. The van der Waals surface area contributed by atoms with Crippen LogP contribution < -0.4 is 4.90 Å². The van der Waals surface area contributed by atoms with E-state index in [1.807, 2.05) is 26.2 Å². The molecule has 0 saturated heterocycles. The molecule has 2 aromatic carbocycles. The van der Waals surface area contributed by atoms with Crippen LogP contribution in [0.5, 0.6) is 0 Å². The van der Waals surface area contributed by atoms with Crippen molar-refractivity contribution in [2.24, 2.45) is 4.99 Å². The van der Waals surface area contributed by atoms with Crippen molar-refractivity contribution in [3.8, 4) is 0 Å². The van der Waals surface area contributed by atoms with Gasteiger partial charge in [-0.1, -0.05) is 18.2 Å². The van der Waals surface area contributed by atoms with Gasteiger partial charge in [0, 0.05) is 26.0 Å². The lowest BCUT2D eigenvalue weighted by molar-refractivity contribution is 0.628. The molecule has 0 amide bonds. The molecule has 0 radical (unpaired) electrons. The first-order valence-electron chi connectivity index (χ1n) is 6.39. The monoisotopic (exact) mass is 268 g/mol. The standard InChI is InChI=1S/C17H17FN2/c1-20(2)17-11-5-14(6-12-17)4-3-13-19-16-9-7-15(18)8-10-16/h3-13H,1-2H3/b4-3+,19-13?. The molecule has 0 aliphatic rings. The lowest BCUT2D eigenvalue weighted by Crippen LogP contribution is -2.07. The number of hydrogen-bond acceptors (Lipinski definition) is 2. The van der Waals surface area contributed by atoms with E-state index in [9.17, 15) is 4.39 Å². The van der Waals surface area contributed by atoms with E-state index in [4.69, 9.17) is 0 Å². The van der Waals surface area contributed by atoms with E-state index >= 15 is 0 Å². The first kappa shape index (κ1) is 14.0. The van der Waals surface area contributed by atoms with Gasteiger partial charge in [-0.3, -0.25) is 4.99 Å². The van der Waals surface area contributed by atoms with Crippen LogP contribution >= 0.6 is 0 Å². The predicted molar refractivity (Wildman–Crippen MR) is 84.4 cm³/mol. The van der Waals surface area contributed by atoms with Crippen molar-refractivity contribution in [1.82, 2.24) is 0 Å².